The van der Waals surface area contributed by atoms with E-state index in [9.17, 15) is 4.79 Å². The van der Waals surface area contributed by atoms with Crippen LogP contribution in [0.2, 0.25) is 0 Å². The molecular weight excluding hydrogens is 310 g/mol. The first kappa shape index (κ1) is 14.3. The number of hydrogen-bond donors (Lipinski definition) is 2. The summed E-state index contributed by atoms with van der Waals surface area (Å²) in [5.41, 5.74) is 5.76. The van der Waals surface area contributed by atoms with Crippen LogP contribution in [-0.4, -0.2) is 23.7 Å². The molecule has 0 atom stereocenters. The van der Waals surface area contributed by atoms with E-state index < -0.39 is 5.91 Å². The molecule has 3 N–H and O–H groups in total. The fourth-order valence-corrected chi connectivity index (χ4v) is 2.77. The van der Waals surface area contributed by atoms with Gasteiger partial charge < -0.3 is 15.6 Å². The first-order valence-corrected chi connectivity index (χ1v) is 7.26. The lowest BCUT2D eigenvalue weighted by Gasteiger charge is -2.28. The standard InChI is InChI=1S/C14H18BrNO3/c15-10-3-6-13(12(7-10)14(16)18)19-11-4-1-9(8-17)2-5-11/h3,6-7,9,11,17H,1-2,4-5,8H2,(H2,16,18). The number of aliphatic hydroxyl groups is 1. The highest BCUT2D eigenvalue weighted by Crippen LogP contribution is 2.30. The quantitative estimate of drug-likeness (QED) is 0.892. The SMILES string of the molecule is NC(=O)c1cc(Br)ccc1OC1CCC(CO)CC1. The Hall–Kier alpha value is -1.07. The van der Waals surface area contributed by atoms with Gasteiger partial charge in [-0.05, 0) is 49.8 Å². The van der Waals surface area contributed by atoms with Crippen molar-refractivity contribution in [3.63, 3.8) is 0 Å². The highest BCUT2D eigenvalue weighted by atomic mass is 79.9. The zero-order valence-electron chi connectivity index (χ0n) is 10.6. The molecule has 1 aromatic rings. The Labute approximate surface area is 121 Å². The van der Waals surface area contributed by atoms with E-state index in [2.05, 4.69) is 15.9 Å². The van der Waals surface area contributed by atoms with Crippen molar-refractivity contribution in [3.8, 4) is 5.75 Å². The van der Waals surface area contributed by atoms with Gasteiger partial charge in [0.2, 0.25) is 0 Å². The summed E-state index contributed by atoms with van der Waals surface area (Å²) in [4.78, 5) is 11.4. The van der Waals surface area contributed by atoms with Crippen LogP contribution >= 0.6 is 15.9 Å². The lowest BCUT2D eigenvalue weighted by molar-refractivity contribution is 0.0953. The zero-order chi connectivity index (χ0) is 13.8. The molecule has 0 aromatic heterocycles. The van der Waals surface area contributed by atoms with E-state index in [4.69, 9.17) is 15.6 Å². The van der Waals surface area contributed by atoms with Crippen LogP contribution in [0.4, 0.5) is 0 Å². The Morgan fingerprint density at radius 1 is 1.37 bits per heavy atom. The third-order valence-electron chi connectivity index (χ3n) is 3.55. The molecule has 0 spiro atoms. The van der Waals surface area contributed by atoms with Gasteiger partial charge in [-0.3, -0.25) is 4.79 Å². The van der Waals surface area contributed by atoms with Gasteiger partial charge in [-0.2, -0.15) is 0 Å². The molecule has 0 heterocycles. The molecule has 0 aliphatic heterocycles. The molecule has 1 amide bonds. The Balaban J connectivity index is 2.05. The van der Waals surface area contributed by atoms with E-state index in [1.165, 1.54) is 0 Å². The van der Waals surface area contributed by atoms with Gasteiger partial charge in [0, 0.05) is 11.1 Å². The summed E-state index contributed by atoms with van der Waals surface area (Å²) in [5.74, 6) is 0.448. The molecule has 2 rings (SSSR count). The van der Waals surface area contributed by atoms with Crippen molar-refractivity contribution in [2.24, 2.45) is 11.7 Å². The Kier molecular flexibility index (Phi) is 4.82. The van der Waals surface area contributed by atoms with Crippen LogP contribution in [0.3, 0.4) is 0 Å². The Morgan fingerprint density at radius 2 is 2.05 bits per heavy atom. The average Bonchev–Trinajstić information content (AvgIpc) is 2.41. The normalized spacial score (nSPS) is 23.1. The number of nitrogens with two attached hydrogens (primary N) is 1. The molecule has 104 valence electrons. The minimum absolute atomic E-state index is 0.0991. The number of hydrogen-bond acceptors (Lipinski definition) is 3. The summed E-state index contributed by atoms with van der Waals surface area (Å²) >= 11 is 3.32. The molecule has 0 unspecified atom stereocenters. The van der Waals surface area contributed by atoms with Crippen molar-refractivity contribution in [1.29, 1.82) is 0 Å². The number of benzene rings is 1. The topological polar surface area (TPSA) is 72.6 Å². The minimum Gasteiger partial charge on any atom is -0.490 e. The molecule has 1 fully saturated rings. The Bertz CT molecular complexity index is 456. The van der Waals surface area contributed by atoms with E-state index in [-0.39, 0.29) is 12.7 Å². The molecule has 1 saturated carbocycles. The van der Waals surface area contributed by atoms with Gasteiger partial charge in [0.25, 0.3) is 5.91 Å². The van der Waals surface area contributed by atoms with E-state index in [1.54, 1.807) is 12.1 Å². The van der Waals surface area contributed by atoms with E-state index in [1.807, 2.05) is 6.07 Å². The molecule has 1 aliphatic rings. The summed E-state index contributed by atoms with van der Waals surface area (Å²) in [6, 6.07) is 5.28. The van der Waals surface area contributed by atoms with Crippen LogP contribution < -0.4 is 10.5 Å². The first-order valence-electron chi connectivity index (χ1n) is 6.47. The third kappa shape index (κ3) is 3.70. The maximum atomic E-state index is 11.4. The molecule has 1 aromatic carbocycles. The fraction of sp³-hybridized carbons (Fsp3) is 0.500. The predicted molar refractivity (Wildman–Crippen MR) is 76.1 cm³/mol. The number of halogens is 1. The van der Waals surface area contributed by atoms with E-state index >= 15 is 0 Å². The van der Waals surface area contributed by atoms with Gasteiger partial charge in [0.1, 0.15) is 5.75 Å². The molecule has 0 radical (unpaired) electrons. The average molecular weight is 328 g/mol. The molecule has 19 heavy (non-hydrogen) atoms. The zero-order valence-corrected chi connectivity index (χ0v) is 12.2. The number of amides is 1. The second kappa shape index (κ2) is 6.39. The second-order valence-corrected chi connectivity index (χ2v) is 5.86. The van der Waals surface area contributed by atoms with Gasteiger partial charge in [0.05, 0.1) is 11.7 Å². The van der Waals surface area contributed by atoms with Crippen LogP contribution in [0.5, 0.6) is 5.75 Å². The maximum absolute atomic E-state index is 11.4. The molecule has 0 saturated heterocycles. The van der Waals surface area contributed by atoms with Crippen molar-refractivity contribution < 1.29 is 14.6 Å². The number of carbonyl (C=O) groups is 1. The lowest BCUT2D eigenvalue weighted by atomic mass is 9.88. The minimum atomic E-state index is -0.486. The molecule has 1 aliphatic carbocycles. The van der Waals surface area contributed by atoms with Gasteiger partial charge >= 0.3 is 0 Å². The van der Waals surface area contributed by atoms with Crippen molar-refractivity contribution in [2.75, 3.05) is 6.61 Å². The second-order valence-electron chi connectivity index (χ2n) is 4.95. The smallest absolute Gasteiger partial charge is 0.252 e. The van der Waals surface area contributed by atoms with Crippen molar-refractivity contribution in [3.05, 3.63) is 28.2 Å². The summed E-state index contributed by atoms with van der Waals surface area (Å²) < 4.78 is 6.70. The lowest BCUT2D eigenvalue weighted by Crippen LogP contribution is -2.26. The van der Waals surface area contributed by atoms with Crippen LogP contribution in [0.25, 0.3) is 0 Å². The molecule has 4 nitrogen and oxygen atoms in total. The summed E-state index contributed by atoms with van der Waals surface area (Å²) in [6.45, 7) is 0.248. The highest BCUT2D eigenvalue weighted by molar-refractivity contribution is 9.10. The fourth-order valence-electron chi connectivity index (χ4n) is 2.41. The number of rotatable bonds is 4. The van der Waals surface area contributed by atoms with E-state index in [0.29, 0.717) is 17.2 Å². The third-order valence-corrected chi connectivity index (χ3v) is 4.05. The number of carbonyl (C=O) groups excluding carboxylic acids is 1. The number of ether oxygens (including phenoxy) is 1. The van der Waals surface area contributed by atoms with Gasteiger partial charge in [-0.25, -0.2) is 0 Å². The summed E-state index contributed by atoms with van der Waals surface area (Å²) in [7, 11) is 0. The molecule has 0 bridgehead atoms. The van der Waals surface area contributed by atoms with Gasteiger partial charge in [-0.15, -0.1) is 0 Å². The monoisotopic (exact) mass is 327 g/mol. The first-order chi connectivity index (χ1) is 9.10. The van der Waals surface area contributed by atoms with Crippen molar-refractivity contribution in [2.45, 2.75) is 31.8 Å². The van der Waals surface area contributed by atoms with Crippen molar-refractivity contribution >= 4 is 21.8 Å². The molecular formula is C14H18BrNO3. The summed E-state index contributed by atoms with van der Waals surface area (Å²) in [6.07, 6.45) is 3.83. The van der Waals surface area contributed by atoms with Crippen LogP contribution in [0.1, 0.15) is 36.0 Å². The maximum Gasteiger partial charge on any atom is 0.252 e. The highest BCUT2D eigenvalue weighted by Gasteiger charge is 2.23. The van der Waals surface area contributed by atoms with Crippen LogP contribution in [0, 0.1) is 5.92 Å². The van der Waals surface area contributed by atoms with Gasteiger partial charge in [0.15, 0.2) is 0 Å². The summed E-state index contributed by atoms with van der Waals surface area (Å²) in [5, 5.41) is 9.11. The van der Waals surface area contributed by atoms with Gasteiger partial charge in [-0.1, -0.05) is 15.9 Å². The molecule has 5 heteroatoms. The van der Waals surface area contributed by atoms with Crippen LogP contribution in [0.15, 0.2) is 22.7 Å². The van der Waals surface area contributed by atoms with Crippen molar-refractivity contribution in [1.82, 2.24) is 0 Å². The number of aliphatic hydroxyl groups excluding tert-OH is 1. The largest absolute Gasteiger partial charge is 0.490 e. The Morgan fingerprint density at radius 3 is 2.63 bits per heavy atom. The number of primary amides is 1. The van der Waals surface area contributed by atoms with E-state index in [0.717, 1.165) is 30.2 Å². The van der Waals surface area contributed by atoms with Crippen LogP contribution in [-0.2, 0) is 0 Å². The predicted octanol–water partition coefficient (Wildman–Crippen LogP) is 2.48.